The minimum Gasteiger partial charge on any atom is -0.508 e. The van der Waals surface area contributed by atoms with Crippen LogP contribution in [0.1, 0.15) is 35.2 Å². The Kier molecular flexibility index (Phi) is 9.00. The first-order valence-electron chi connectivity index (χ1n) is 12.6. The van der Waals surface area contributed by atoms with Crippen LogP contribution in [0.5, 0.6) is 5.75 Å². The van der Waals surface area contributed by atoms with E-state index in [4.69, 9.17) is 13.7 Å². The molecule has 2 aromatic carbocycles. The number of aliphatic hydroxyl groups is 1. The van der Waals surface area contributed by atoms with Crippen LogP contribution in [0.15, 0.2) is 63.8 Å². The Labute approximate surface area is 225 Å². The van der Waals surface area contributed by atoms with Crippen molar-refractivity contribution in [3.05, 3.63) is 75.9 Å². The lowest BCUT2D eigenvalue weighted by Gasteiger charge is -2.17. The second-order valence-corrected chi connectivity index (χ2v) is 11.3. The number of carbonyl (C=O) groups is 1. The number of phenolic OH excluding ortho intramolecular Hbond substituents is 1. The fraction of sp³-hybridized carbons (Fsp3) is 0.310. The van der Waals surface area contributed by atoms with Crippen molar-refractivity contribution in [1.29, 1.82) is 0 Å². The largest absolute Gasteiger partial charge is 0.508 e. The summed E-state index contributed by atoms with van der Waals surface area (Å²) in [7, 11) is -3.72. The van der Waals surface area contributed by atoms with Gasteiger partial charge in [-0.25, -0.2) is 0 Å². The molecule has 0 radical (unpaired) electrons. The van der Waals surface area contributed by atoms with Crippen LogP contribution in [-0.4, -0.2) is 53.5 Å². The van der Waals surface area contributed by atoms with Crippen LogP contribution >= 0.6 is 7.60 Å². The Morgan fingerprint density at radius 3 is 2.59 bits per heavy atom. The lowest BCUT2D eigenvalue weighted by molar-refractivity contribution is 0.0145. The first kappa shape index (κ1) is 28.7. The molecule has 9 nitrogen and oxygen atoms in total. The average molecular weight is 555 g/mol. The number of Topliss-reactive ketones (excluding diaryl/α,β-unsaturated/α-hetero) is 1. The van der Waals surface area contributed by atoms with Gasteiger partial charge in [0.05, 0.1) is 13.2 Å². The van der Waals surface area contributed by atoms with E-state index in [0.29, 0.717) is 42.8 Å². The molecule has 0 fully saturated rings. The van der Waals surface area contributed by atoms with Crippen LogP contribution in [0, 0.1) is 6.92 Å². The lowest BCUT2D eigenvalue weighted by Crippen LogP contribution is -2.23. The second kappa shape index (κ2) is 12.2. The van der Waals surface area contributed by atoms with Crippen molar-refractivity contribution in [3.8, 4) is 28.2 Å². The quantitative estimate of drug-likeness (QED) is 0.0938. The number of hydrogen-bond acceptors (Lipinski definition) is 8. The van der Waals surface area contributed by atoms with Crippen molar-refractivity contribution in [2.24, 2.45) is 0 Å². The number of aromatic hydroxyl groups is 1. The highest BCUT2D eigenvalue weighted by Crippen LogP contribution is 2.42. The molecule has 0 saturated carbocycles. The standard InChI is InChI=1S/C29H31O9P/c1-18-6-7-19(26(33)5-3-4-12-36-17-22(16-30)38-39(2,34)35)13-25(18)29-23-10-8-20(31)14-27(23)37-28-15-21(32)9-11-24(28)29/h6-11,13-15,22,30-31H,3-5,12,16-17H2,1-2H3,(H,34,35). The molecular formula is C29H31O9P. The van der Waals surface area contributed by atoms with Crippen molar-refractivity contribution < 1.29 is 38.1 Å². The van der Waals surface area contributed by atoms with Gasteiger partial charge in [-0.2, -0.15) is 0 Å². The summed E-state index contributed by atoms with van der Waals surface area (Å²) >= 11 is 0. The molecular weight excluding hydrogens is 523 g/mol. The lowest BCUT2D eigenvalue weighted by atomic mass is 9.89. The van der Waals surface area contributed by atoms with Crippen LogP contribution in [0.25, 0.3) is 33.4 Å². The average Bonchev–Trinajstić information content (AvgIpc) is 2.88. The molecule has 4 rings (SSSR count). The Morgan fingerprint density at radius 1 is 1.05 bits per heavy atom. The van der Waals surface area contributed by atoms with E-state index >= 15 is 0 Å². The molecule has 39 heavy (non-hydrogen) atoms. The molecule has 2 aliphatic rings. The van der Waals surface area contributed by atoms with Gasteiger partial charge in [0, 0.05) is 53.9 Å². The van der Waals surface area contributed by atoms with Crippen molar-refractivity contribution in [2.45, 2.75) is 32.3 Å². The maximum absolute atomic E-state index is 13.1. The zero-order chi connectivity index (χ0) is 28.2. The number of benzene rings is 3. The van der Waals surface area contributed by atoms with Crippen molar-refractivity contribution >= 4 is 24.3 Å². The van der Waals surface area contributed by atoms with E-state index in [9.17, 15) is 29.3 Å². The van der Waals surface area contributed by atoms with Gasteiger partial charge in [0.15, 0.2) is 11.2 Å². The predicted molar refractivity (Wildman–Crippen MR) is 148 cm³/mol. The molecule has 1 aliphatic heterocycles. The first-order chi connectivity index (χ1) is 18.6. The second-order valence-electron chi connectivity index (χ2n) is 9.51. The van der Waals surface area contributed by atoms with E-state index in [2.05, 4.69) is 0 Å². The van der Waals surface area contributed by atoms with E-state index in [1.807, 2.05) is 19.1 Å². The zero-order valence-corrected chi connectivity index (χ0v) is 22.6. The summed E-state index contributed by atoms with van der Waals surface area (Å²) < 4.78 is 27.5. The van der Waals surface area contributed by atoms with E-state index in [-0.39, 0.29) is 23.6 Å². The molecule has 1 aliphatic carbocycles. The summed E-state index contributed by atoms with van der Waals surface area (Å²) in [4.78, 5) is 34.3. The molecule has 0 amide bonds. The molecule has 0 aromatic heterocycles. The van der Waals surface area contributed by atoms with Gasteiger partial charge in [0.1, 0.15) is 23.2 Å². The van der Waals surface area contributed by atoms with Crippen molar-refractivity contribution in [3.63, 3.8) is 0 Å². The van der Waals surface area contributed by atoms with Gasteiger partial charge in [-0.15, -0.1) is 0 Å². The number of phenols is 1. The summed E-state index contributed by atoms with van der Waals surface area (Å²) in [6, 6.07) is 15.0. The molecule has 0 spiro atoms. The van der Waals surface area contributed by atoms with Gasteiger partial charge in [-0.1, -0.05) is 12.1 Å². The van der Waals surface area contributed by atoms with Crippen LogP contribution < -0.4 is 5.43 Å². The van der Waals surface area contributed by atoms with Crippen LogP contribution in [-0.2, 0) is 13.8 Å². The molecule has 2 aromatic rings. The van der Waals surface area contributed by atoms with Gasteiger partial charge < -0.3 is 28.8 Å². The fourth-order valence-electron chi connectivity index (χ4n) is 4.46. The van der Waals surface area contributed by atoms with Crippen LogP contribution in [0.3, 0.4) is 0 Å². The summed E-state index contributed by atoms with van der Waals surface area (Å²) in [5, 5.41) is 20.0. The third kappa shape index (κ3) is 7.20. The Bertz CT molecular complexity index is 1550. The maximum Gasteiger partial charge on any atom is 0.325 e. The predicted octanol–water partition coefficient (Wildman–Crippen LogP) is 5.14. The topological polar surface area (TPSA) is 144 Å². The van der Waals surface area contributed by atoms with Crippen molar-refractivity contribution in [2.75, 3.05) is 26.5 Å². The number of aryl methyl sites for hydroxylation is 1. The Balaban J connectivity index is 1.50. The number of carbonyl (C=O) groups excluding carboxylic acids is 1. The third-order valence-corrected chi connectivity index (χ3v) is 6.99. The minimum atomic E-state index is -3.72. The molecule has 0 saturated heterocycles. The highest BCUT2D eigenvalue weighted by molar-refractivity contribution is 7.51. The number of fused-ring (bicyclic) bond motifs is 2. The van der Waals surface area contributed by atoms with Crippen LogP contribution in [0.4, 0.5) is 0 Å². The third-order valence-electron chi connectivity index (χ3n) is 6.30. The van der Waals surface area contributed by atoms with Gasteiger partial charge in [-0.05, 0) is 61.2 Å². The van der Waals surface area contributed by atoms with Gasteiger partial charge in [0.25, 0.3) is 0 Å². The molecule has 206 valence electrons. The molecule has 2 atom stereocenters. The number of aliphatic hydroxyl groups excluding tert-OH is 1. The summed E-state index contributed by atoms with van der Waals surface area (Å²) in [6.07, 6.45) is 0.564. The maximum atomic E-state index is 13.1. The fourth-order valence-corrected chi connectivity index (χ4v) is 5.14. The number of unbranched alkanes of at least 4 members (excludes halogenated alkanes) is 1. The number of rotatable bonds is 12. The molecule has 1 heterocycles. The normalized spacial score (nSPS) is 13.9. The molecule has 10 heteroatoms. The van der Waals surface area contributed by atoms with E-state index < -0.39 is 20.3 Å². The molecule has 0 bridgehead atoms. The number of hydrogen-bond donors (Lipinski definition) is 3. The van der Waals surface area contributed by atoms with Gasteiger partial charge in [-0.3, -0.25) is 14.2 Å². The Hall–Kier alpha value is -3.33. The zero-order valence-electron chi connectivity index (χ0n) is 21.8. The Morgan fingerprint density at radius 2 is 1.85 bits per heavy atom. The summed E-state index contributed by atoms with van der Waals surface area (Å²) in [5.74, 6) is 0.396. The molecule has 3 N–H and O–H groups in total. The SMILES string of the molecule is Cc1ccc(C(=O)CCCCOCC(CO)OP(C)(=O)O)cc1-c1c2ccc(=O)cc-2oc2cc(O)ccc12. The number of ketones is 1. The minimum absolute atomic E-state index is 0.0267. The smallest absolute Gasteiger partial charge is 0.325 e. The van der Waals surface area contributed by atoms with Crippen molar-refractivity contribution in [1.82, 2.24) is 0 Å². The first-order valence-corrected chi connectivity index (χ1v) is 14.6. The van der Waals surface area contributed by atoms with Crippen LogP contribution in [0.2, 0.25) is 0 Å². The van der Waals surface area contributed by atoms with E-state index in [1.165, 1.54) is 18.2 Å². The summed E-state index contributed by atoms with van der Waals surface area (Å²) in [6.45, 7) is 2.84. The summed E-state index contributed by atoms with van der Waals surface area (Å²) in [5.41, 5.74) is 4.08. The highest BCUT2D eigenvalue weighted by atomic mass is 31.2. The van der Waals surface area contributed by atoms with Gasteiger partial charge >= 0.3 is 7.60 Å². The van der Waals surface area contributed by atoms with E-state index in [1.54, 1.807) is 24.3 Å². The molecule has 2 unspecified atom stereocenters. The van der Waals surface area contributed by atoms with E-state index in [0.717, 1.165) is 34.3 Å². The monoisotopic (exact) mass is 554 g/mol. The number of ether oxygens (including phenoxy) is 1. The van der Waals surface area contributed by atoms with Gasteiger partial charge in [0.2, 0.25) is 0 Å². The highest BCUT2D eigenvalue weighted by Gasteiger charge is 2.21.